The van der Waals surface area contributed by atoms with Crippen LogP contribution in [0.5, 0.6) is 5.75 Å². The standard InChI is InChI=1S/C36H51N6O10P/c1-21(2)33(43)49-30-29(27-16-17-28-32(38)39-20-40-42(27)28)51-36(6,31(30)50-34(44)22(3)4)19-48-53(46,52-26-10-8-7-9-11-26)41-23(5)35(45)47-18-24-12-14-25(37)15-13-24/h7-11,16-17,20-25,29-31H,12-15,18-19,37H2,1-6H3,(H,41,46)(H2,38,39,40)/t23-,24?,25?,29-,30-,31-,36+,53-/m0/s1. The van der Waals surface area contributed by atoms with Crippen LogP contribution in [0.2, 0.25) is 0 Å². The number of nitrogen functional groups attached to an aromatic ring is 1. The maximum Gasteiger partial charge on any atom is 0.459 e. The summed E-state index contributed by atoms with van der Waals surface area (Å²) < 4.78 is 52.3. The van der Waals surface area contributed by atoms with Crippen LogP contribution in [-0.4, -0.2) is 75.6 Å². The van der Waals surface area contributed by atoms with Gasteiger partial charge in [-0.1, -0.05) is 45.9 Å². The number of esters is 3. The second-order valence-electron chi connectivity index (χ2n) is 14.6. The van der Waals surface area contributed by atoms with E-state index in [2.05, 4.69) is 15.2 Å². The Balaban J connectivity index is 1.45. The zero-order valence-electron chi connectivity index (χ0n) is 31.0. The molecule has 1 saturated heterocycles. The highest BCUT2D eigenvalue weighted by Gasteiger charge is 2.59. The van der Waals surface area contributed by atoms with Gasteiger partial charge in [0.05, 0.1) is 30.7 Å². The number of nitrogens with zero attached hydrogens (tertiary/aromatic N) is 3. The fourth-order valence-corrected chi connectivity index (χ4v) is 7.79. The Morgan fingerprint density at radius 2 is 1.64 bits per heavy atom. The Bertz CT molecular complexity index is 1780. The number of hydrogen-bond donors (Lipinski definition) is 3. The van der Waals surface area contributed by atoms with E-state index < -0.39 is 74.1 Å². The first-order chi connectivity index (χ1) is 25.1. The lowest BCUT2D eigenvalue weighted by molar-refractivity contribution is -0.175. The fraction of sp³-hybridized carbons (Fsp3) is 0.583. The summed E-state index contributed by atoms with van der Waals surface area (Å²) in [6, 6.07) is 10.7. The molecule has 0 amide bonds. The third kappa shape index (κ3) is 9.73. The summed E-state index contributed by atoms with van der Waals surface area (Å²) >= 11 is 0. The van der Waals surface area contributed by atoms with Gasteiger partial charge in [-0.15, -0.1) is 0 Å². The van der Waals surface area contributed by atoms with Gasteiger partial charge >= 0.3 is 25.7 Å². The largest absolute Gasteiger partial charge is 0.464 e. The van der Waals surface area contributed by atoms with Crippen LogP contribution in [0.25, 0.3) is 5.52 Å². The van der Waals surface area contributed by atoms with Crippen molar-refractivity contribution in [1.29, 1.82) is 0 Å². The molecule has 2 fully saturated rings. The Labute approximate surface area is 309 Å². The number of hydrogen-bond acceptors (Lipinski definition) is 14. The zero-order chi connectivity index (χ0) is 38.5. The number of nitrogens with two attached hydrogens (primary N) is 2. The molecule has 5 rings (SSSR count). The van der Waals surface area contributed by atoms with E-state index >= 15 is 0 Å². The van der Waals surface area contributed by atoms with Gasteiger partial charge in [-0.25, -0.2) is 14.1 Å². The van der Waals surface area contributed by atoms with Crippen molar-refractivity contribution in [2.24, 2.45) is 23.5 Å². The summed E-state index contributed by atoms with van der Waals surface area (Å²) in [6.45, 7) is 9.43. The van der Waals surface area contributed by atoms with Crippen molar-refractivity contribution in [2.45, 2.75) is 103 Å². The monoisotopic (exact) mass is 758 g/mol. The van der Waals surface area contributed by atoms with Gasteiger partial charge in [-0.2, -0.15) is 10.2 Å². The summed E-state index contributed by atoms with van der Waals surface area (Å²) in [5, 5.41) is 7.04. The van der Waals surface area contributed by atoms with Crippen molar-refractivity contribution < 1.29 is 46.9 Å². The topological polar surface area (TPSA) is 218 Å². The van der Waals surface area contributed by atoms with Crippen LogP contribution in [0.4, 0.5) is 5.82 Å². The van der Waals surface area contributed by atoms with Crippen LogP contribution >= 0.6 is 7.75 Å². The van der Waals surface area contributed by atoms with E-state index in [1.54, 1.807) is 77.1 Å². The summed E-state index contributed by atoms with van der Waals surface area (Å²) in [5.74, 6) is -2.33. The first kappa shape index (κ1) is 40.1. The van der Waals surface area contributed by atoms with Crippen molar-refractivity contribution in [3.63, 3.8) is 0 Å². The van der Waals surface area contributed by atoms with Crippen LogP contribution in [-0.2, 0) is 42.4 Å². The van der Waals surface area contributed by atoms with Crippen LogP contribution in [0.1, 0.15) is 79.0 Å². The molecule has 0 radical (unpaired) electrons. The Morgan fingerprint density at radius 1 is 0.981 bits per heavy atom. The van der Waals surface area contributed by atoms with Crippen LogP contribution in [0.3, 0.4) is 0 Å². The first-order valence-corrected chi connectivity index (χ1v) is 19.5. The molecule has 1 aliphatic carbocycles. The van der Waals surface area contributed by atoms with Crippen molar-refractivity contribution in [1.82, 2.24) is 19.7 Å². The maximum atomic E-state index is 14.6. The highest BCUT2D eigenvalue weighted by Crippen LogP contribution is 2.50. The summed E-state index contributed by atoms with van der Waals surface area (Å²) in [5.41, 5.74) is 11.4. The number of carbonyl (C=O) groups excluding carboxylic acids is 3. The molecule has 290 valence electrons. The number of aromatic nitrogens is 3. The number of anilines is 1. The summed E-state index contributed by atoms with van der Waals surface area (Å²) in [7, 11) is -4.42. The number of fused-ring (bicyclic) bond motifs is 1. The second-order valence-corrected chi connectivity index (χ2v) is 16.3. The molecule has 1 saturated carbocycles. The quantitative estimate of drug-likeness (QED) is 0.110. The molecule has 0 bridgehead atoms. The normalized spacial score (nSPS) is 26.2. The van der Waals surface area contributed by atoms with E-state index in [9.17, 15) is 18.9 Å². The van der Waals surface area contributed by atoms with Crippen molar-refractivity contribution in [3.05, 3.63) is 54.5 Å². The molecule has 0 unspecified atom stereocenters. The average molecular weight is 759 g/mol. The van der Waals surface area contributed by atoms with E-state index in [-0.39, 0.29) is 30.1 Å². The van der Waals surface area contributed by atoms with Gasteiger partial charge in [0.1, 0.15) is 35.3 Å². The Hall–Kier alpha value is -4.08. The molecule has 0 spiro atoms. The molecule has 6 atom stereocenters. The van der Waals surface area contributed by atoms with Gasteiger partial charge in [0, 0.05) is 6.04 Å². The minimum atomic E-state index is -4.42. The Kier molecular flexibility index (Phi) is 12.8. The van der Waals surface area contributed by atoms with Crippen LogP contribution in [0.15, 0.2) is 48.8 Å². The third-order valence-electron chi connectivity index (χ3n) is 9.38. The van der Waals surface area contributed by atoms with E-state index in [4.69, 9.17) is 39.5 Å². The first-order valence-electron chi connectivity index (χ1n) is 17.9. The van der Waals surface area contributed by atoms with Gasteiger partial charge in [0.25, 0.3) is 0 Å². The van der Waals surface area contributed by atoms with Gasteiger partial charge in [0.15, 0.2) is 18.0 Å². The molecule has 5 N–H and O–H groups in total. The molecule has 16 nitrogen and oxygen atoms in total. The number of para-hydroxylation sites is 1. The second kappa shape index (κ2) is 16.9. The lowest BCUT2D eigenvalue weighted by Gasteiger charge is -2.33. The smallest absolute Gasteiger partial charge is 0.459 e. The molecule has 3 heterocycles. The minimum absolute atomic E-state index is 0.156. The van der Waals surface area contributed by atoms with E-state index in [1.165, 1.54) is 17.8 Å². The molecule has 17 heteroatoms. The number of rotatable bonds is 15. The molecular formula is C36H51N6O10P. The van der Waals surface area contributed by atoms with Gasteiger partial charge < -0.3 is 34.9 Å². The molecule has 1 aliphatic heterocycles. The molecular weight excluding hydrogens is 707 g/mol. The number of benzene rings is 1. The zero-order valence-corrected chi connectivity index (χ0v) is 31.9. The van der Waals surface area contributed by atoms with Crippen LogP contribution < -0.4 is 21.1 Å². The summed E-state index contributed by atoms with van der Waals surface area (Å²) in [6.07, 6.45) is 1.14. The molecule has 2 aromatic heterocycles. The number of nitrogens with one attached hydrogen (secondary N) is 1. The highest BCUT2D eigenvalue weighted by molar-refractivity contribution is 7.52. The lowest BCUT2D eigenvalue weighted by atomic mass is 9.87. The molecule has 3 aromatic rings. The fourth-order valence-electron chi connectivity index (χ4n) is 6.20. The molecule has 2 aliphatic rings. The van der Waals surface area contributed by atoms with Crippen molar-refractivity contribution in [3.8, 4) is 5.75 Å². The average Bonchev–Trinajstić information content (AvgIpc) is 3.67. The van der Waals surface area contributed by atoms with Crippen molar-refractivity contribution in [2.75, 3.05) is 18.9 Å². The molecule has 53 heavy (non-hydrogen) atoms. The predicted octanol–water partition coefficient (Wildman–Crippen LogP) is 4.52. The van der Waals surface area contributed by atoms with Gasteiger partial charge in [-0.05, 0) is 69.7 Å². The molecule has 1 aromatic carbocycles. The third-order valence-corrected chi connectivity index (χ3v) is 11.0. The SMILES string of the molecule is CC(C)C(=O)O[C@H]1[C@H](c2ccc3c(N)ncnn23)O[C@](C)(CO[P@@](=O)(N[C@@H](C)C(=O)OCC2CCC(N)CC2)Oc2ccccc2)[C@H]1OC(=O)C(C)C. The van der Waals surface area contributed by atoms with E-state index in [0.29, 0.717) is 11.2 Å². The minimum Gasteiger partial charge on any atom is -0.464 e. The maximum absolute atomic E-state index is 14.6. The van der Waals surface area contributed by atoms with Gasteiger partial charge in [-0.3, -0.25) is 18.9 Å². The summed E-state index contributed by atoms with van der Waals surface area (Å²) in [4.78, 5) is 43.6. The number of carbonyl (C=O) groups is 3. The van der Waals surface area contributed by atoms with E-state index in [1.807, 2.05) is 0 Å². The van der Waals surface area contributed by atoms with Gasteiger partial charge in [0.2, 0.25) is 0 Å². The van der Waals surface area contributed by atoms with Crippen molar-refractivity contribution >= 4 is 37.0 Å². The number of ether oxygens (including phenoxy) is 4. The van der Waals surface area contributed by atoms with Crippen LogP contribution in [0, 0.1) is 17.8 Å². The Morgan fingerprint density at radius 3 is 2.30 bits per heavy atom. The highest BCUT2D eigenvalue weighted by atomic mass is 31.2. The predicted molar refractivity (Wildman–Crippen MR) is 193 cm³/mol. The lowest BCUT2D eigenvalue weighted by Crippen LogP contribution is -2.49. The van der Waals surface area contributed by atoms with E-state index in [0.717, 1.165) is 25.7 Å².